The molecule has 0 bridgehead atoms. The lowest BCUT2D eigenvalue weighted by molar-refractivity contribution is -0.132. The number of carbonyl (C=O) groups excluding carboxylic acids is 1. The van der Waals surface area contributed by atoms with Crippen LogP contribution in [0.5, 0.6) is 0 Å². The average molecular weight is 442 g/mol. The Morgan fingerprint density at radius 1 is 0.800 bits per heavy atom. The SMILES string of the molecule is CC(C)=CCCC(C)=CCCC(C)=CCCC(C)=CCONC(=O)CCP(=O)(O)O. The number of allylic oxidation sites excluding steroid dienone is 7. The van der Waals surface area contributed by atoms with Gasteiger partial charge in [0.1, 0.15) is 0 Å². The summed E-state index contributed by atoms with van der Waals surface area (Å²) in [6, 6.07) is 0. The minimum absolute atomic E-state index is 0.229. The first-order chi connectivity index (χ1) is 14.0. The molecule has 0 atom stereocenters. The summed E-state index contributed by atoms with van der Waals surface area (Å²) in [4.78, 5) is 33.8. The zero-order valence-electron chi connectivity index (χ0n) is 19.2. The summed E-state index contributed by atoms with van der Waals surface area (Å²) < 4.78 is 10.7. The molecule has 0 rings (SSSR count). The van der Waals surface area contributed by atoms with Crippen LogP contribution in [0.1, 0.15) is 79.6 Å². The molecule has 172 valence electrons. The summed E-state index contributed by atoms with van der Waals surface area (Å²) >= 11 is 0. The molecule has 0 aromatic heterocycles. The van der Waals surface area contributed by atoms with Gasteiger partial charge in [-0.15, -0.1) is 0 Å². The van der Waals surface area contributed by atoms with Crippen LogP contribution in [-0.4, -0.2) is 28.5 Å². The third-order valence-electron chi connectivity index (χ3n) is 4.49. The molecule has 0 spiro atoms. The van der Waals surface area contributed by atoms with E-state index >= 15 is 0 Å². The van der Waals surface area contributed by atoms with Gasteiger partial charge in [0.2, 0.25) is 5.91 Å². The highest BCUT2D eigenvalue weighted by atomic mass is 31.2. The highest BCUT2D eigenvalue weighted by Crippen LogP contribution is 2.34. The van der Waals surface area contributed by atoms with Crippen LogP contribution in [0.25, 0.3) is 0 Å². The van der Waals surface area contributed by atoms with Gasteiger partial charge in [0.05, 0.1) is 12.8 Å². The summed E-state index contributed by atoms with van der Waals surface area (Å²) in [7, 11) is -4.15. The Balaban J connectivity index is 3.99. The number of amides is 1. The van der Waals surface area contributed by atoms with Crippen LogP contribution in [0.4, 0.5) is 0 Å². The van der Waals surface area contributed by atoms with E-state index in [0.29, 0.717) is 0 Å². The summed E-state index contributed by atoms with van der Waals surface area (Å²) in [5.41, 5.74) is 7.57. The zero-order chi connectivity index (χ0) is 23.0. The largest absolute Gasteiger partial charge is 0.326 e. The van der Waals surface area contributed by atoms with Crippen molar-refractivity contribution in [2.75, 3.05) is 12.8 Å². The Morgan fingerprint density at radius 2 is 1.27 bits per heavy atom. The molecule has 0 aromatic rings. The molecule has 0 aliphatic heterocycles. The summed E-state index contributed by atoms with van der Waals surface area (Å²) in [5.74, 6) is -0.538. The second kappa shape index (κ2) is 16.3. The predicted octanol–water partition coefficient (Wildman–Crippen LogP) is 5.75. The Bertz CT molecular complexity index is 682. The van der Waals surface area contributed by atoms with Crippen molar-refractivity contribution in [3.63, 3.8) is 0 Å². The molecule has 0 aromatic carbocycles. The van der Waals surface area contributed by atoms with Gasteiger partial charge in [0, 0.05) is 6.42 Å². The smallest absolute Gasteiger partial charge is 0.324 e. The van der Waals surface area contributed by atoms with Crippen LogP contribution < -0.4 is 5.48 Å². The van der Waals surface area contributed by atoms with Crippen molar-refractivity contribution < 1.29 is 24.0 Å². The molecule has 6 nitrogen and oxygen atoms in total. The summed E-state index contributed by atoms with van der Waals surface area (Å²) in [6.45, 7) is 10.9. The number of nitrogens with one attached hydrogen (secondary N) is 1. The number of carbonyl (C=O) groups is 1. The minimum atomic E-state index is -4.15. The van der Waals surface area contributed by atoms with E-state index in [-0.39, 0.29) is 13.0 Å². The number of hydrogen-bond acceptors (Lipinski definition) is 3. The van der Waals surface area contributed by atoms with E-state index < -0.39 is 19.7 Å². The Labute approximate surface area is 182 Å². The molecule has 0 saturated heterocycles. The number of hydrogen-bond donors (Lipinski definition) is 3. The monoisotopic (exact) mass is 441 g/mol. The topological polar surface area (TPSA) is 95.9 Å². The zero-order valence-corrected chi connectivity index (χ0v) is 20.1. The summed E-state index contributed by atoms with van der Waals surface area (Å²) in [6.07, 6.45) is 14.3. The van der Waals surface area contributed by atoms with Crippen LogP contribution in [-0.2, 0) is 14.2 Å². The van der Waals surface area contributed by atoms with E-state index in [9.17, 15) is 9.36 Å². The Kier molecular flexibility index (Phi) is 15.5. The van der Waals surface area contributed by atoms with Gasteiger partial charge in [-0.05, 0) is 73.1 Å². The van der Waals surface area contributed by atoms with Crippen molar-refractivity contribution in [2.24, 2.45) is 0 Å². The highest BCUT2D eigenvalue weighted by Gasteiger charge is 2.15. The van der Waals surface area contributed by atoms with Crippen LogP contribution in [0.15, 0.2) is 46.6 Å². The van der Waals surface area contributed by atoms with Gasteiger partial charge >= 0.3 is 7.60 Å². The fourth-order valence-electron chi connectivity index (χ4n) is 2.59. The Hall–Kier alpha value is -1.46. The first kappa shape index (κ1) is 28.5. The van der Waals surface area contributed by atoms with Gasteiger partial charge in [-0.1, -0.05) is 46.6 Å². The molecule has 0 fully saturated rings. The van der Waals surface area contributed by atoms with Crippen molar-refractivity contribution in [2.45, 2.75) is 79.6 Å². The first-order valence-electron chi connectivity index (χ1n) is 10.5. The molecule has 7 heteroatoms. The van der Waals surface area contributed by atoms with Gasteiger partial charge in [0.25, 0.3) is 0 Å². The summed E-state index contributed by atoms with van der Waals surface area (Å²) in [5, 5.41) is 0. The van der Waals surface area contributed by atoms with E-state index in [1.54, 1.807) is 0 Å². The quantitative estimate of drug-likeness (QED) is 0.130. The van der Waals surface area contributed by atoms with Gasteiger partial charge in [-0.3, -0.25) is 14.2 Å². The average Bonchev–Trinajstić information content (AvgIpc) is 2.62. The minimum Gasteiger partial charge on any atom is -0.324 e. The lowest BCUT2D eigenvalue weighted by Crippen LogP contribution is -2.24. The molecular weight excluding hydrogens is 401 g/mol. The van der Waals surface area contributed by atoms with Gasteiger partial charge in [-0.2, -0.15) is 0 Å². The van der Waals surface area contributed by atoms with E-state index in [2.05, 4.69) is 51.4 Å². The normalized spacial score (nSPS) is 13.4. The predicted molar refractivity (Wildman–Crippen MR) is 124 cm³/mol. The van der Waals surface area contributed by atoms with E-state index in [1.807, 2.05) is 13.0 Å². The van der Waals surface area contributed by atoms with Crippen molar-refractivity contribution in [1.82, 2.24) is 5.48 Å². The van der Waals surface area contributed by atoms with Gasteiger partial charge in [-0.25, -0.2) is 5.48 Å². The number of hydroxylamine groups is 1. The van der Waals surface area contributed by atoms with E-state index in [1.165, 1.54) is 22.3 Å². The van der Waals surface area contributed by atoms with Gasteiger partial charge in [0.15, 0.2) is 0 Å². The molecular formula is C23H40NO5P. The van der Waals surface area contributed by atoms with Crippen LogP contribution in [0, 0.1) is 0 Å². The molecule has 3 N–H and O–H groups in total. The molecule has 1 amide bonds. The van der Waals surface area contributed by atoms with Crippen molar-refractivity contribution in [1.29, 1.82) is 0 Å². The molecule has 0 unspecified atom stereocenters. The molecule has 30 heavy (non-hydrogen) atoms. The van der Waals surface area contributed by atoms with Crippen molar-refractivity contribution in [3.05, 3.63) is 46.6 Å². The number of rotatable bonds is 15. The first-order valence-corrected chi connectivity index (χ1v) is 12.3. The van der Waals surface area contributed by atoms with Crippen LogP contribution in [0.3, 0.4) is 0 Å². The lowest BCUT2D eigenvalue weighted by atomic mass is 10.0. The standard InChI is InChI=1S/C23H40NO5P/c1-19(2)9-6-10-20(3)11-7-12-21(4)13-8-14-22(5)15-17-29-24-23(25)16-18-30(26,27)28/h9,11,13,15H,6-8,10,12,14,16-18H2,1-5H3,(H,24,25)(H2,26,27,28). The fourth-order valence-corrected chi connectivity index (χ4v) is 3.09. The Morgan fingerprint density at radius 3 is 1.73 bits per heavy atom. The van der Waals surface area contributed by atoms with Crippen LogP contribution >= 0.6 is 7.60 Å². The third kappa shape index (κ3) is 19.8. The second-order valence-corrected chi connectivity index (χ2v) is 9.80. The van der Waals surface area contributed by atoms with Gasteiger partial charge < -0.3 is 9.79 Å². The molecule has 0 aliphatic carbocycles. The second-order valence-electron chi connectivity index (χ2n) is 8.02. The molecule has 0 aliphatic rings. The third-order valence-corrected chi connectivity index (χ3v) is 5.29. The molecule has 0 radical (unpaired) electrons. The molecule has 0 saturated carbocycles. The van der Waals surface area contributed by atoms with E-state index in [4.69, 9.17) is 14.6 Å². The maximum Gasteiger partial charge on any atom is 0.326 e. The van der Waals surface area contributed by atoms with Crippen molar-refractivity contribution >= 4 is 13.5 Å². The maximum absolute atomic E-state index is 11.4. The maximum atomic E-state index is 11.4. The highest BCUT2D eigenvalue weighted by molar-refractivity contribution is 7.51. The lowest BCUT2D eigenvalue weighted by Gasteiger charge is -2.06. The van der Waals surface area contributed by atoms with Crippen molar-refractivity contribution in [3.8, 4) is 0 Å². The fraction of sp³-hybridized carbons (Fsp3) is 0.609. The molecule has 0 heterocycles. The van der Waals surface area contributed by atoms with Crippen LogP contribution in [0.2, 0.25) is 0 Å². The van der Waals surface area contributed by atoms with E-state index in [0.717, 1.165) is 38.5 Å².